The number of esters is 1. The molecule has 1 aliphatic heterocycles. The molecule has 0 N–H and O–H groups in total. The molecular weight excluding hydrogens is 311 g/mol. The third kappa shape index (κ3) is 3.32. The maximum atomic E-state index is 13.7. The summed E-state index contributed by atoms with van der Waals surface area (Å²) in [7, 11) is 1.52. The number of ether oxygens (including phenoxy) is 2. The van der Waals surface area contributed by atoms with E-state index < -0.39 is 5.97 Å². The van der Waals surface area contributed by atoms with Gasteiger partial charge in [0.05, 0.1) is 13.7 Å². The lowest BCUT2D eigenvalue weighted by Crippen LogP contribution is -2.31. The predicted octanol–water partition coefficient (Wildman–Crippen LogP) is 2.97. The van der Waals surface area contributed by atoms with Gasteiger partial charge in [-0.2, -0.15) is 0 Å². The first-order chi connectivity index (χ1) is 11.6. The lowest BCUT2D eigenvalue weighted by molar-refractivity contribution is 0.0519. The molecule has 0 spiro atoms. The zero-order chi connectivity index (χ0) is 17.1. The minimum atomic E-state index is -0.405. The number of carbonyl (C=O) groups excluding carboxylic acids is 1. The van der Waals surface area contributed by atoms with E-state index in [9.17, 15) is 9.18 Å². The van der Waals surface area contributed by atoms with Crippen molar-refractivity contribution < 1.29 is 18.7 Å². The van der Waals surface area contributed by atoms with Crippen LogP contribution in [0.5, 0.6) is 5.75 Å². The maximum absolute atomic E-state index is 13.7. The van der Waals surface area contributed by atoms with E-state index in [0.29, 0.717) is 24.6 Å². The SMILES string of the molecule is CCOC(=O)c1cc2c(cn1)CN(c1cc(F)cc(OC)c1)CC2. The Bertz CT molecular complexity index is 764. The van der Waals surface area contributed by atoms with E-state index in [0.717, 1.165) is 29.8 Å². The Morgan fingerprint density at radius 3 is 2.88 bits per heavy atom. The van der Waals surface area contributed by atoms with Crippen LogP contribution in [-0.2, 0) is 17.7 Å². The summed E-state index contributed by atoms with van der Waals surface area (Å²) in [4.78, 5) is 18.0. The monoisotopic (exact) mass is 330 g/mol. The average molecular weight is 330 g/mol. The molecule has 1 aromatic heterocycles. The van der Waals surface area contributed by atoms with Gasteiger partial charge in [-0.15, -0.1) is 0 Å². The highest BCUT2D eigenvalue weighted by atomic mass is 19.1. The van der Waals surface area contributed by atoms with Gasteiger partial charge in [0.2, 0.25) is 0 Å². The molecule has 126 valence electrons. The Labute approximate surface area is 140 Å². The molecule has 0 aliphatic carbocycles. The third-order valence-corrected chi connectivity index (χ3v) is 4.04. The minimum Gasteiger partial charge on any atom is -0.497 e. The normalized spacial score (nSPS) is 13.4. The van der Waals surface area contributed by atoms with Crippen LogP contribution in [0.1, 0.15) is 28.5 Å². The third-order valence-electron chi connectivity index (χ3n) is 4.04. The Balaban J connectivity index is 1.82. The highest BCUT2D eigenvalue weighted by Crippen LogP contribution is 2.28. The second kappa shape index (κ2) is 6.86. The molecule has 3 rings (SSSR count). The number of fused-ring (bicyclic) bond motifs is 1. The smallest absolute Gasteiger partial charge is 0.356 e. The first kappa shape index (κ1) is 16.2. The fourth-order valence-corrected chi connectivity index (χ4v) is 2.83. The number of rotatable bonds is 4. The van der Waals surface area contributed by atoms with E-state index in [4.69, 9.17) is 9.47 Å². The lowest BCUT2D eigenvalue weighted by atomic mass is 10.0. The Morgan fingerprint density at radius 1 is 1.29 bits per heavy atom. The van der Waals surface area contributed by atoms with Crippen LogP contribution in [0.25, 0.3) is 0 Å². The first-order valence-corrected chi connectivity index (χ1v) is 7.85. The fourth-order valence-electron chi connectivity index (χ4n) is 2.83. The predicted molar refractivity (Wildman–Crippen MR) is 87.9 cm³/mol. The van der Waals surface area contributed by atoms with E-state index >= 15 is 0 Å². The molecule has 0 radical (unpaired) electrons. The quantitative estimate of drug-likeness (QED) is 0.807. The molecule has 0 atom stereocenters. The van der Waals surface area contributed by atoms with Gasteiger partial charge < -0.3 is 14.4 Å². The zero-order valence-electron chi connectivity index (χ0n) is 13.7. The van der Waals surface area contributed by atoms with E-state index in [1.807, 2.05) is 6.07 Å². The van der Waals surface area contributed by atoms with Crippen LogP contribution in [0.3, 0.4) is 0 Å². The highest BCUT2D eigenvalue weighted by Gasteiger charge is 2.20. The molecular formula is C18H19FN2O3. The number of anilines is 1. The van der Waals surface area contributed by atoms with Gasteiger partial charge in [0.15, 0.2) is 0 Å². The summed E-state index contributed by atoms with van der Waals surface area (Å²) in [5.41, 5.74) is 3.20. The number of hydrogen-bond acceptors (Lipinski definition) is 5. The molecule has 0 bridgehead atoms. The van der Waals surface area contributed by atoms with Gasteiger partial charge in [-0.05, 0) is 36.6 Å². The molecule has 1 aromatic carbocycles. The molecule has 2 heterocycles. The van der Waals surface area contributed by atoms with Gasteiger partial charge in [-0.25, -0.2) is 14.2 Å². The number of benzene rings is 1. The number of nitrogens with zero attached hydrogens (tertiary/aromatic N) is 2. The number of aromatic nitrogens is 1. The van der Waals surface area contributed by atoms with Gasteiger partial charge in [0.25, 0.3) is 0 Å². The second-order valence-electron chi connectivity index (χ2n) is 5.58. The summed E-state index contributed by atoms with van der Waals surface area (Å²) in [6.45, 7) is 3.43. The lowest BCUT2D eigenvalue weighted by Gasteiger charge is -2.30. The van der Waals surface area contributed by atoms with E-state index in [1.54, 1.807) is 19.2 Å². The van der Waals surface area contributed by atoms with E-state index in [1.165, 1.54) is 19.2 Å². The summed E-state index contributed by atoms with van der Waals surface area (Å²) in [6.07, 6.45) is 2.45. The van der Waals surface area contributed by atoms with Crippen LogP contribution < -0.4 is 9.64 Å². The first-order valence-electron chi connectivity index (χ1n) is 7.85. The minimum absolute atomic E-state index is 0.326. The average Bonchev–Trinajstić information content (AvgIpc) is 2.60. The zero-order valence-corrected chi connectivity index (χ0v) is 13.7. The Morgan fingerprint density at radius 2 is 2.12 bits per heavy atom. The molecule has 0 saturated carbocycles. The van der Waals surface area contributed by atoms with Gasteiger partial charge in [-0.1, -0.05) is 0 Å². The summed E-state index contributed by atoms with van der Waals surface area (Å²) >= 11 is 0. The van der Waals surface area contributed by atoms with Crippen LogP contribution in [-0.4, -0.2) is 31.2 Å². The molecule has 5 nitrogen and oxygen atoms in total. The van der Waals surface area contributed by atoms with Gasteiger partial charge in [-0.3, -0.25) is 0 Å². The van der Waals surface area contributed by atoms with Crippen LogP contribution in [0.4, 0.5) is 10.1 Å². The molecule has 0 saturated heterocycles. The second-order valence-corrected chi connectivity index (χ2v) is 5.58. The molecule has 2 aromatic rings. The largest absolute Gasteiger partial charge is 0.497 e. The number of carbonyl (C=O) groups is 1. The van der Waals surface area contributed by atoms with Crippen molar-refractivity contribution in [3.05, 3.63) is 53.1 Å². The molecule has 1 aliphatic rings. The molecule has 0 fully saturated rings. The van der Waals surface area contributed by atoms with Crippen molar-refractivity contribution in [2.75, 3.05) is 25.2 Å². The van der Waals surface area contributed by atoms with Gasteiger partial charge in [0.1, 0.15) is 17.3 Å². The summed E-state index contributed by atoms with van der Waals surface area (Å²) < 4.78 is 23.8. The fraction of sp³-hybridized carbons (Fsp3) is 0.333. The Kier molecular flexibility index (Phi) is 4.64. The summed E-state index contributed by atoms with van der Waals surface area (Å²) in [6, 6.07) is 6.45. The number of pyridine rings is 1. The van der Waals surface area contributed by atoms with Crippen molar-refractivity contribution in [1.29, 1.82) is 0 Å². The number of hydrogen-bond donors (Lipinski definition) is 0. The van der Waals surface area contributed by atoms with Crippen molar-refractivity contribution in [2.45, 2.75) is 19.9 Å². The van der Waals surface area contributed by atoms with Crippen LogP contribution in [0, 0.1) is 5.82 Å². The van der Waals surface area contributed by atoms with Gasteiger partial charge >= 0.3 is 5.97 Å². The van der Waals surface area contributed by atoms with E-state index in [2.05, 4.69) is 9.88 Å². The molecule has 0 unspecified atom stereocenters. The molecule has 0 amide bonds. The highest BCUT2D eigenvalue weighted by molar-refractivity contribution is 5.87. The van der Waals surface area contributed by atoms with Crippen LogP contribution >= 0.6 is 0 Å². The van der Waals surface area contributed by atoms with E-state index in [-0.39, 0.29) is 5.82 Å². The van der Waals surface area contributed by atoms with Crippen molar-refractivity contribution in [3.63, 3.8) is 0 Å². The van der Waals surface area contributed by atoms with Crippen molar-refractivity contribution in [1.82, 2.24) is 4.98 Å². The molecule has 6 heteroatoms. The van der Waals surface area contributed by atoms with Gasteiger partial charge in [0, 0.05) is 37.1 Å². The van der Waals surface area contributed by atoms with Crippen molar-refractivity contribution >= 4 is 11.7 Å². The number of methoxy groups -OCH3 is 1. The van der Waals surface area contributed by atoms with Crippen molar-refractivity contribution in [2.24, 2.45) is 0 Å². The van der Waals surface area contributed by atoms with Crippen molar-refractivity contribution in [3.8, 4) is 5.75 Å². The maximum Gasteiger partial charge on any atom is 0.356 e. The standard InChI is InChI=1S/C18H19FN2O3/c1-3-24-18(22)17-6-12-4-5-21(11-13(12)10-20-17)15-7-14(19)8-16(9-15)23-2/h6-10H,3-5,11H2,1-2H3. The summed E-state index contributed by atoms with van der Waals surface area (Å²) in [5, 5.41) is 0. The topological polar surface area (TPSA) is 51.7 Å². The number of halogens is 1. The Hall–Kier alpha value is -2.63. The summed E-state index contributed by atoms with van der Waals surface area (Å²) in [5.74, 6) is -0.241. The molecule has 24 heavy (non-hydrogen) atoms. The van der Waals surface area contributed by atoms with Crippen LogP contribution in [0.2, 0.25) is 0 Å². The van der Waals surface area contributed by atoms with Crippen LogP contribution in [0.15, 0.2) is 30.5 Å².